The molecule has 0 unspecified atom stereocenters. The summed E-state index contributed by atoms with van der Waals surface area (Å²) < 4.78 is 0. The lowest BCUT2D eigenvalue weighted by atomic mass is 9.90. The number of carbonyl (C=O) groups excluding carboxylic acids is 1. The number of carbonyl (C=O) groups is 1. The van der Waals surface area contributed by atoms with Crippen molar-refractivity contribution in [3.63, 3.8) is 0 Å². The first-order valence-electron chi connectivity index (χ1n) is 5.54. The molecular weight excluding hydrogens is 257 g/mol. The standard InChI is InChI=1S/C13H17Cl2NO/c1-13(2,7-8-14)9-16-12(17)10-3-5-11(15)6-4-10/h3-6H,7-9H2,1-2H3,(H,16,17). The van der Waals surface area contributed by atoms with Gasteiger partial charge in [0.05, 0.1) is 0 Å². The van der Waals surface area contributed by atoms with E-state index in [1.54, 1.807) is 24.3 Å². The minimum atomic E-state index is -0.0793. The Hall–Kier alpha value is -0.730. The molecule has 0 heterocycles. The fourth-order valence-electron chi connectivity index (χ4n) is 1.37. The Kier molecular flexibility index (Phi) is 5.29. The van der Waals surface area contributed by atoms with Crippen molar-refractivity contribution < 1.29 is 4.79 Å². The van der Waals surface area contributed by atoms with Gasteiger partial charge in [-0.3, -0.25) is 4.79 Å². The number of nitrogens with one attached hydrogen (secondary N) is 1. The first-order chi connectivity index (χ1) is 7.94. The molecule has 0 fully saturated rings. The van der Waals surface area contributed by atoms with Crippen LogP contribution in [0.3, 0.4) is 0 Å². The SMILES string of the molecule is CC(C)(CCCl)CNC(=O)c1ccc(Cl)cc1. The first-order valence-corrected chi connectivity index (χ1v) is 6.45. The maximum absolute atomic E-state index is 11.8. The fourth-order valence-corrected chi connectivity index (χ4v) is 2.00. The molecule has 0 spiro atoms. The largest absolute Gasteiger partial charge is 0.352 e. The van der Waals surface area contributed by atoms with Gasteiger partial charge < -0.3 is 5.32 Å². The van der Waals surface area contributed by atoms with E-state index < -0.39 is 0 Å². The van der Waals surface area contributed by atoms with Crippen molar-refractivity contribution >= 4 is 29.1 Å². The Bertz CT molecular complexity index is 374. The number of benzene rings is 1. The minimum absolute atomic E-state index is 0.0177. The minimum Gasteiger partial charge on any atom is -0.352 e. The molecule has 1 N–H and O–H groups in total. The Balaban J connectivity index is 2.53. The third-order valence-electron chi connectivity index (χ3n) is 2.61. The fraction of sp³-hybridized carbons (Fsp3) is 0.462. The van der Waals surface area contributed by atoms with Crippen LogP contribution in [0.1, 0.15) is 30.6 Å². The van der Waals surface area contributed by atoms with Gasteiger partial charge in [0, 0.05) is 23.0 Å². The van der Waals surface area contributed by atoms with E-state index in [2.05, 4.69) is 19.2 Å². The van der Waals surface area contributed by atoms with Crippen LogP contribution in [0.25, 0.3) is 0 Å². The number of amides is 1. The van der Waals surface area contributed by atoms with E-state index in [4.69, 9.17) is 23.2 Å². The molecule has 94 valence electrons. The second kappa shape index (κ2) is 6.27. The lowest BCUT2D eigenvalue weighted by Crippen LogP contribution is -2.34. The molecule has 0 bridgehead atoms. The van der Waals surface area contributed by atoms with Crippen molar-refractivity contribution in [3.05, 3.63) is 34.9 Å². The lowest BCUT2D eigenvalue weighted by molar-refractivity contribution is 0.0936. The smallest absolute Gasteiger partial charge is 0.251 e. The molecule has 17 heavy (non-hydrogen) atoms. The van der Waals surface area contributed by atoms with Crippen LogP contribution in [0.2, 0.25) is 5.02 Å². The van der Waals surface area contributed by atoms with Gasteiger partial charge in [0.2, 0.25) is 0 Å². The zero-order chi connectivity index (χ0) is 12.9. The van der Waals surface area contributed by atoms with E-state index in [9.17, 15) is 4.79 Å². The average molecular weight is 274 g/mol. The van der Waals surface area contributed by atoms with E-state index in [1.807, 2.05) is 0 Å². The summed E-state index contributed by atoms with van der Waals surface area (Å²) in [7, 11) is 0. The maximum Gasteiger partial charge on any atom is 0.251 e. The highest BCUT2D eigenvalue weighted by Gasteiger charge is 2.18. The van der Waals surface area contributed by atoms with Gasteiger partial charge in [-0.1, -0.05) is 25.4 Å². The molecule has 0 atom stereocenters. The normalized spacial score (nSPS) is 11.3. The molecular formula is C13H17Cl2NO. The summed E-state index contributed by atoms with van der Waals surface area (Å²) >= 11 is 11.5. The summed E-state index contributed by atoms with van der Waals surface area (Å²) in [5, 5.41) is 3.53. The maximum atomic E-state index is 11.8. The van der Waals surface area contributed by atoms with Crippen LogP contribution >= 0.6 is 23.2 Å². The van der Waals surface area contributed by atoms with Crippen LogP contribution in [-0.4, -0.2) is 18.3 Å². The molecule has 0 saturated heterocycles. The molecule has 0 aliphatic carbocycles. The second-order valence-corrected chi connectivity index (χ2v) is 5.61. The molecule has 1 rings (SSSR count). The highest BCUT2D eigenvalue weighted by molar-refractivity contribution is 6.30. The number of alkyl halides is 1. The molecule has 1 aromatic carbocycles. The van der Waals surface area contributed by atoms with E-state index in [1.165, 1.54) is 0 Å². The Morgan fingerprint density at radius 1 is 1.29 bits per heavy atom. The van der Waals surface area contributed by atoms with E-state index >= 15 is 0 Å². The van der Waals surface area contributed by atoms with Crippen molar-refractivity contribution in [2.24, 2.45) is 5.41 Å². The van der Waals surface area contributed by atoms with Crippen molar-refractivity contribution in [1.29, 1.82) is 0 Å². The molecule has 0 saturated carbocycles. The lowest BCUT2D eigenvalue weighted by Gasteiger charge is -2.23. The van der Waals surface area contributed by atoms with Crippen LogP contribution < -0.4 is 5.32 Å². The van der Waals surface area contributed by atoms with Crippen LogP contribution in [0.4, 0.5) is 0 Å². The third-order valence-corrected chi connectivity index (χ3v) is 3.05. The Morgan fingerprint density at radius 3 is 2.41 bits per heavy atom. The zero-order valence-electron chi connectivity index (χ0n) is 10.1. The Morgan fingerprint density at radius 2 is 1.88 bits per heavy atom. The Labute approximate surface area is 112 Å². The molecule has 1 amide bonds. The summed E-state index contributed by atoms with van der Waals surface area (Å²) in [6.45, 7) is 4.77. The van der Waals surface area contributed by atoms with Gasteiger partial charge in [-0.15, -0.1) is 11.6 Å². The van der Waals surface area contributed by atoms with Crippen LogP contribution in [0, 0.1) is 5.41 Å². The number of halogens is 2. The van der Waals surface area contributed by atoms with E-state index in [0.29, 0.717) is 23.0 Å². The predicted molar refractivity (Wildman–Crippen MR) is 72.9 cm³/mol. The topological polar surface area (TPSA) is 29.1 Å². The van der Waals surface area contributed by atoms with Crippen LogP contribution in [0.15, 0.2) is 24.3 Å². The molecule has 0 aliphatic heterocycles. The van der Waals surface area contributed by atoms with E-state index in [0.717, 1.165) is 6.42 Å². The molecule has 4 heteroatoms. The predicted octanol–water partition coefficient (Wildman–Crippen LogP) is 3.72. The zero-order valence-corrected chi connectivity index (χ0v) is 11.6. The number of rotatable bonds is 5. The van der Waals surface area contributed by atoms with Crippen molar-refractivity contribution in [1.82, 2.24) is 5.32 Å². The van der Waals surface area contributed by atoms with Crippen LogP contribution in [0.5, 0.6) is 0 Å². The van der Waals surface area contributed by atoms with Gasteiger partial charge in [-0.2, -0.15) is 0 Å². The molecule has 1 aromatic rings. The van der Waals surface area contributed by atoms with Gasteiger partial charge in [0.1, 0.15) is 0 Å². The summed E-state index contributed by atoms with van der Waals surface area (Å²) in [5.74, 6) is 0.522. The van der Waals surface area contributed by atoms with Gasteiger partial charge in [0.25, 0.3) is 5.91 Å². The average Bonchev–Trinajstić information content (AvgIpc) is 2.27. The molecule has 0 radical (unpaired) electrons. The summed E-state index contributed by atoms with van der Waals surface area (Å²) in [6.07, 6.45) is 0.870. The quantitative estimate of drug-likeness (QED) is 0.814. The van der Waals surface area contributed by atoms with Gasteiger partial charge in [-0.25, -0.2) is 0 Å². The van der Waals surface area contributed by atoms with Gasteiger partial charge in [0.15, 0.2) is 0 Å². The summed E-state index contributed by atoms with van der Waals surface area (Å²) in [5.41, 5.74) is 0.639. The van der Waals surface area contributed by atoms with Crippen LogP contribution in [-0.2, 0) is 0 Å². The first kappa shape index (κ1) is 14.3. The molecule has 0 aromatic heterocycles. The number of hydrogen-bond donors (Lipinski definition) is 1. The monoisotopic (exact) mass is 273 g/mol. The van der Waals surface area contributed by atoms with Crippen molar-refractivity contribution in [2.75, 3.05) is 12.4 Å². The highest BCUT2D eigenvalue weighted by Crippen LogP contribution is 2.19. The third kappa shape index (κ3) is 4.97. The second-order valence-electron chi connectivity index (χ2n) is 4.79. The van der Waals surface area contributed by atoms with Crippen molar-refractivity contribution in [3.8, 4) is 0 Å². The summed E-state index contributed by atoms with van der Waals surface area (Å²) in [6, 6.07) is 6.85. The van der Waals surface area contributed by atoms with Gasteiger partial charge >= 0.3 is 0 Å². The van der Waals surface area contributed by atoms with Gasteiger partial charge in [-0.05, 0) is 36.1 Å². The summed E-state index contributed by atoms with van der Waals surface area (Å²) in [4.78, 5) is 11.8. The molecule has 0 aliphatic rings. The van der Waals surface area contributed by atoms with Crippen molar-refractivity contribution in [2.45, 2.75) is 20.3 Å². The highest BCUT2D eigenvalue weighted by atomic mass is 35.5. The molecule has 2 nitrogen and oxygen atoms in total. The van der Waals surface area contributed by atoms with E-state index in [-0.39, 0.29) is 11.3 Å². The number of hydrogen-bond acceptors (Lipinski definition) is 1.